The fourth-order valence-corrected chi connectivity index (χ4v) is 1.44. The molecular weight excluding hydrogens is 196 g/mol. The standard InChI is InChI=1S/C12H17F2N/c1-11(2,15)10-6-4-5-9(7-10)8-12(3,13)14/h4-7H,8,15H2,1-3H3. The summed E-state index contributed by atoms with van der Waals surface area (Å²) in [6.07, 6.45) is -0.239. The first-order valence-electron chi connectivity index (χ1n) is 4.95. The van der Waals surface area contributed by atoms with E-state index >= 15 is 0 Å². The maximum Gasteiger partial charge on any atom is 0.249 e. The second-order valence-corrected chi connectivity index (χ2v) is 4.67. The number of benzene rings is 1. The Labute approximate surface area is 89.3 Å². The van der Waals surface area contributed by atoms with E-state index in [1.165, 1.54) is 0 Å². The molecule has 0 aliphatic heterocycles. The monoisotopic (exact) mass is 213 g/mol. The number of halogens is 2. The van der Waals surface area contributed by atoms with Gasteiger partial charge in [-0.15, -0.1) is 0 Å². The van der Waals surface area contributed by atoms with Crippen molar-refractivity contribution in [2.24, 2.45) is 5.73 Å². The lowest BCUT2D eigenvalue weighted by atomic mass is 9.93. The minimum atomic E-state index is -2.67. The van der Waals surface area contributed by atoms with E-state index in [0.717, 1.165) is 12.5 Å². The van der Waals surface area contributed by atoms with Gasteiger partial charge >= 0.3 is 0 Å². The van der Waals surface area contributed by atoms with Crippen LogP contribution in [0.15, 0.2) is 24.3 Å². The van der Waals surface area contributed by atoms with Gasteiger partial charge in [0, 0.05) is 12.0 Å². The van der Waals surface area contributed by atoms with E-state index in [2.05, 4.69) is 0 Å². The summed E-state index contributed by atoms with van der Waals surface area (Å²) in [6, 6.07) is 7.08. The van der Waals surface area contributed by atoms with Gasteiger partial charge in [0.2, 0.25) is 5.92 Å². The van der Waals surface area contributed by atoms with Crippen LogP contribution in [0.4, 0.5) is 8.78 Å². The molecule has 84 valence electrons. The zero-order chi connectivity index (χ0) is 11.7. The molecule has 0 saturated heterocycles. The summed E-state index contributed by atoms with van der Waals surface area (Å²) in [5, 5.41) is 0. The maximum atomic E-state index is 12.8. The topological polar surface area (TPSA) is 26.0 Å². The summed E-state index contributed by atoms with van der Waals surface area (Å²) in [5.74, 6) is -2.67. The first kappa shape index (κ1) is 12.1. The van der Waals surface area contributed by atoms with E-state index in [1.807, 2.05) is 19.9 Å². The first-order chi connectivity index (χ1) is 6.68. The molecule has 0 fully saturated rings. The molecule has 0 heterocycles. The molecule has 2 N–H and O–H groups in total. The number of hydrogen-bond acceptors (Lipinski definition) is 1. The average molecular weight is 213 g/mol. The van der Waals surface area contributed by atoms with E-state index in [0.29, 0.717) is 5.56 Å². The van der Waals surface area contributed by atoms with E-state index < -0.39 is 11.5 Å². The van der Waals surface area contributed by atoms with E-state index in [-0.39, 0.29) is 6.42 Å². The minimum absolute atomic E-state index is 0.239. The predicted octanol–water partition coefficient (Wildman–Crippen LogP) is 3.08. The summed E-state index contributed by atoms with van der Waals surface area (Å²) in [7, 11) is 0. The highest BCUT2D eigenvalue weighted by molar-refractivity contribution is 5.28. The molecule has 15 heavy (non-hydrogen) atoms. The Balaban J connectivity index is 2.94. The van der Waals surface area contributed by atoms with Crippen LogP contribution < -0.4 is 5.73 Å². The molecule has 0 saturated carbocycles. The van der Waals surface area contributed by atoms with Crippen LogP contribution >= 0.6 is 0 Å². The molecule has 0 aromatic heterocycles. The second kappa shape index (κ2) is 3.89. The minimum Gasteiger partial charge on any atom is -0.322 e. The predicted molar refractivity (Wildman–Crippen MR) is 58.0 cm³/mol. The van der Waals surface area contributed by atoms with E-state index in [9.17, 15) is 8.78 Å². The summed E-state index contributed by atoms with van der Waals surface area (Å²) in [5.41, 5.74) is 6.92. The van der Waals surface area contributed by atoms with Crippen molar-refractivity contribution in [1.82, 2.24) is 0 Å². The Morgan fingerprint density at radius 3 is 2.27 bits per heavy atom. The molecule has 0 aliphatic rings. The number of alkyl halides is 2. The Kier molecular flexibility index (Phi) is 3.14. The molecule has 3 heteroatoms. The Bertz CT molecular complexity index is 334. The third-order valence-corrected chi connectivity index (χ3v) is 2.19. The first-order valence-corrected chi connectivity index (χ1v) is 4.95. The molecule has 0 bridgehead atoms. The van der Waals surface area contributed by atoms with Gasteiger partial charge < -0.3 is 5.73 Å². The van der Waals surface area contributed by atoms with Gasteiger partial charge in [-0.05, 0) is 31.9 Å². The average Bonchev–Trinajstić information content (AvgIpc) is 1.99. The van der Waals surface area contributed by atoms with Gasteiger partial charge in [-0.1, -0.05) is 24.3 Å². The molecular formula is C12H17F2N. The summed E-state index contributed by atoms with van der Waals surface area (Å²) in [4.78, 5) is 0. The van der Waals surface area contributed by atoms with Crippen LogP contribution in [0, 0.1) is 0 Å². The van der Waals surface area contributed by atoms with Crippen molar-refractivity contribution in [2.75, 3.05) is 0 Å². The molecule has 0 spiro atoms. The van der Waals surface area contributed by atoms with E-state index in [1.54, 1.807) is 18.2 Å². The summed E-state index contributed by atoms with van der Waals surface area (Å²) < 4.78 is 25.6. The summed E-state index contributed by atoms with van der Waals surface area (Å²) >= 11 is 0. The highest BCUT2D eigenvalue weighted by Crippen LogP contribution is 2.23. The molecule has 0 atom stereocenters. The molecule has 0 unspecified atom stereocenters. The molecule has 1 rings (SSSR count). The third kappa shape index (κ3) is 3.96. The van der Waals surface area contributed by atoms with Crippen molar-refractivity contribution in [1.29, 1.82) is 0 Å². The van der Waals surface area contributed by atoms with Crippen molar-refractivity contribution in [3.63, 3.8) is 0 Å². The Morgan fingerprint density at radius 1 is 1.20 bits per heavy atom. The van der Waals surface area contributed by atoms with Gasteiger partial charge in [0.05, 0.1) is 0 Å². The van der Waals surface area contributed by atoms with Crippen molar-refractivity contribution >= 4 is 0 Å². The van der Waals surface area contributed by atoms with Gasteiger partial charge in [-0.2, -0.15) is 0 Å². The van der Waals surface area contributed by atoms with E-state index in [4.69, 9.17) is 5.73 Å². The van der Waals surface area contributed by atoms with Crippen molar-refractivity contribution in [2.45, 2.75) is 38.7 Å². The third-order valence-electron chi connectivity index (χ3n) is 2.19. The molecule has 1 aromatic carbocycles. The highest BCUT2D eigenvalue weighted by atomic mass is 19.3. The fraction of sp³-hybridized carbons (Fsp3) is 0.500. The lowest BCUT2D eigenvalue weighted by Crippen LogP contribution is -2.28. The van der Waals surface area contributed by atoms with Gasteiger partial charge in [-0.3, -0.25) is 0 Å². The van der Waals surface area contributed by atoms with Crippen LogP contribution in [-0.4, -0.2) is 5.92 Å². The summed E-state index contributed by atoms with van der Waals surface area (Å²) in [6.45, 7) is 4.64. The van der Waals surface area contributed by atoms with Crippen molar-refractivity contribution < 1.29 is 8.78 Å². The van der Waals surface area contributed by atoms with Crippen molar-refractivity contribution in [3.8, 4) is 0 Å². The van der Waals surface area contributed by atoms with Crippen LogP contribution in [0.3, 0.4) is 0 Å². The SMILES string of the molecule is CC(F)(F)Cc1cccc(C(C)(C)N)c1. The largest absolute Gasteiger partial charge is 0.322 e. The molecule has 0 radical (unpaired) electrons. The number of hydrogen-bond donors (Lipinski definition) is 1. The lowest BCUT2D eigenvalue weighted by molar-refractivity contribution is 0.0226. The van der Waals surface area contributed by atoms with Gasteiger partial charge in [0.25, 0.3) is 0 Å². The molecule has 1 nitrogen and oxygen atoms in total. The van der Waals surface area contributed by atoms with Crippen LogP contribution in [0.25, 0.3) is 0 Å². The zero-order valence-corrected chi connectivity index (χ0v) is 9.35. The lowest BCUT2D eigenvalue weighted by Gasteiger charge is -2.20. The van der Waals surface area contributed by atoms with Crippen LogP contribution in [0.2, 0.25) is 0 Å². The van der Waals surface area contributed by atoms with Crippen LogP contribution in [0.1, 0.15) is 31.9 Å². The van der Waals surface area contributed by atoms with Gasteiger partial charge in [-0.25, -0.2) is 8.78 Å². The normalized spacial score (nSPS) is 12.9. The maximum absolute atomic E-state index is 12.8. The molecule has 0 aliphatic carbocycles. The van der Waals surface area contributed by atoms with Crippen LogP contribution in [0.5, 0.6) is 0 Å². The molecule has 0 amide bonds. The highest BCUT2D eigenvalue weighted by Gasteiger charge is 2.22. The quantitative estimate of drug-likeness (QED) is 0.820. The number of nitrogens with two attached hydrogens (primary N) is 1. The second-order valence-electron chi connectivity index (χ2n) is 4.67. The van der Waals surface area contributed by atoms with Gasteiger partial charge in [0.15, 0.2) is 0 Å². The smallest absolute Gasteiger partial charge is 0.249 e. The Morgan fingerprint density at radius 2 is 1.80 bits per heavy atom. The van der Waals surface area contributed by atoms with Crippen molar-refractivity contribution in [3.05, 3.63) is 35.4 Å². The Hall–Kier alpha value is -0.960. The zero-order valence-electron chi connectivity index (χ0n) is 9.35. The van der Waals surface area contributed by atoms with Crippen LogP contribution in [-0.2, 0) is 12.0 Å². The fourth-order valence-electron chi connectivity index (χ4n) is 1.44. The number of rotatable bonds is 3. The molecule has 1 aromatic rings. The van der Waals surface area contributed by atoms with Gasteiger partial charge in [0.1, 0.15) is 0 Å².